The number of allylic oxidation sites excluding steroid dienone is 2. The first-order chi connectivity index (χ1) is 7.56. The first-order valence-electron chi connectivity index (χ1n) is 5.21. The van der Waals surface area contributed by atoms with E-state index in [0.29, 0.717) is 0 Å². The Bertz CT molecular complexity index is 444. The third-order valence-electron chi connectivity index (χ3n) is 2.43. The zero-order valence-corrected chi connectivity index (χ0v) is 9.71. The van der Waals surface area contributed by atoms with Gasteiger partial charge in [-0.1, -0.05) is 42.5 Å². The summed E-state index contributed by atoms with van der Waals surface area (Å²) in [5.41, 5.74) is 3.89. The van der Waals surface area contributed by atoms with Gasteiger partial charge in [0.05, 0.1) is 0 Å². The molecule has 1 rings (SSSR count). The second-order valence-corrected chi connectivity index (χ2v) is 3.74. The van der Waals surface area contributed by atoms with Crippen molar-refractivity contribution < 1.29 is 5.11 Å². The van der Waals surface area contributed by atoms with Crippen LogP contribution in [-0.4, -0.2) is 5.90 Å². The van der Waals surface area contributed by atoms with Crippen LogP contribution in [0, 0.1) is 5.41 Å². The summed E-state index contributed by atoms with van der Waals surface area (Å²) < 4.78 is 0. The molecular formula is C14H16NO-. The van der Waals surface area contributed by atoms with E-state index < -0.39 is 5.90 Å². The monoisotopic (exact) mass is 214 g/mol. The van der Waals surface area contributed by atoms with Gasteiger partial charge in [-0.2, -0.15) is 0 Å². The molecule has 0 radical (unpaired) electrons. The van der Waals surface area contributed by atoms with Crippen molar-refractivity contribution in [1.82, 2.24) is 0 Å². The highest BCUT2D eigenvalue weighted by Gasteiger charge is 2.06. The molecule has 2 nitrogen and oxygen atoms in total. The highest BCUT2D eigenvalue weighted by atomic mass is 16.3. The van der Waals surface area contributed by atoms with Gasteiger partial charge in [0.25, 0.3) is 0 Å². The molecule has 0 aliphatic heterocycles. The molecule has 16 heavy (non-hydrogen) atoms. The van der Waals surface area contributed by atoms with Gasteiger partial charge in [-0.3, -0.25) is 0 Å². The zero-order chi connectivity index (χ0) is 12.1. The molecule has 0 heterocycles. The van der Waals surface area contributed by atoms with Crippen molar-refractivity contribution in [3.63, 3.8) is 0 Å². The van der Waals surface area contributed by atoms with Gasteiger partial charge in [-0.15, -0.1) is 0 Å². The minimum absolute atomic E-state index is 0.154. The molecule has 0 saturated carbocycles. The van der Waals surface area contributed by atoms with Gasteiger partial charge in [0.15, 0.2) is 0 Å². The maximum absolute atomic E-state index is 10.9. The number of hydrogen-bond acceptors (Lipinski definition) is 2. The van der Waals surface area contributed by atoms with E-state index in [1.54, 1.807) is 0 Å². The summed E-state index contributed by atoms with van der Waals surface area (Å²) in [6.07, 6.45) is 2.04. The van der Waals surface area contributed by atoms with Crippen LogP contribution in [0.1, 0.15) is 31.4 Å². The van der Waals surface area contributed by atoms with Crippen LogP contribution in [-0.2, 0) is 0 Å². The van der Waals surface area contributed by atoms with Gasteiger partial charge in [-0.05, 0) is 36.4 Å². The predicted molar refractivity (Wildman–Crippen MR) is 67.1 cm³/mol. The molecule has 0 aliphatic rings. The minimum atomic E-state index is -0.565. The molecule has 0 atom stereocenters. The standard InChI is InChI=1S/C14H17NO/c1-4-11(9-14(15)16)13-8-6-5-7-12(13)10(2)3/h4-8H,2,9H2,1,3H3,(H2,15,16)/p-1/b11-4-. The van der Waals surface area contributed by atoms with Gasteiger partial charge in [0.1, 0.15) is 0 Å². The van der Waals surface area contributed by atoms with E-state index in [-0.39, 0.29) is 6.42 Å². The second-order valence-electron chi connectivity index (χ2n) is 3.74. The molecule has 0 fully saturated rings. The number of rotatable bonds is 4. The lowest BCUT2D eigenvalue weighted by Gasteiger charge is -2.15. The maximum Gasteiger partial charge on any atom is 0.000197 e. The van der Waals surface area contributed by atoms with Crippen LogP contribution in [0.15, 0.2) is 36.9 Å². The number of hydrogen-bond donors (Lipinski definition) is 1. The Morgan fingerprint density at radius 3 is 2.38 bits per heavy atom. The summed E-state index contributed by atoms with van der Waals surface area (Å²) in [4.78, 5) is 0. The third-order valence-corrected chi connectivity index (χ3v) is 2.43. The SMILES string of the molecule is C=C(C)c1ccccc1/C(=C\C)CC(=N)[O-]. The lowest BCUT2D eigenvalue weighted by Crippen LogP contribution is -2.15. The quantitative estimate of drug-likeness (QED) is 0.608. The minimum Gasteiger partial charge on any atom is -0.862 e. The van der Waals surface area contributed by atoms with Crippen LogP contribution in [0.2, 0.25) is 0 Å². The van der Waals surface area contributed by atoms with Crippen molar-refractivity contribution in [3.05, 3.63) is 48.0 Å². The average molecular weight is 214 g/mol. The highest BCUT2D eigenvalue weighted by molar-refractivity contribution is 5.87. The van der Waals surface area contributed by atoms with Crippen LogP contribution >= 0.6 is 0 Å². The van der Waals surface area contributed by atoms with Crippen molar-refractivity contribution in [2.45, 2.75) is 20.3 Å². The molecule has 1 N–H and O–H groups in total. The Hall–Kier alpha value is -1.83. The zero-order valence-electron chi connectivity index (χ0n) is 9.71. The van der Waals surface area contributed by atoms with E-state index in [4.69, 9.17) is 5.41 Å². The van der Waals surface area contributed by atoms with Gasteiger partial charge < -0.3 is 10.5 Å². The molecule has 0 saturated heterocycles. The first-order valence-corrected chi connectivity index (χ1v) is 5.21. The molecule has 0 aromatic heterocycles. The van der Waals surface area contributed by atoms with Crippen LogP contribution in [0.5, 0.6) is 0 Å². The summed E-state index contributed by atoms with van der Waals surface area (Å²) in [5.74, 6) is -0.565. The summed E-state index contributed by atoms with van der Waals surface area (Å²) in [5, 5.41) is 17.9. The highest BCUT2D eigenvalue weighted by Crippen LogP contribution is 2.26. The fourth-order valence-corrected chi connectivity index (χ4v) is 1.66. The molecule has 0 aliphatic carbocycles. The molecule has 0 amide bonds. The maximum atomic E-state index is 10.9. The molecular weight excluding hydrogens is 198 g/mol. The van der Waals surface area contributed by atoms with E-state index >= 15 is 0 Å². The largest absolute Gasteiger partial charge is 0.862 e. The van der Waals surface area contributed by atoms with E-state index in [0.717, 1.165) is 22.3 Å². The Balaban J connectivity index is 3.20. The van der Waals surface area contributed by atoms with Crippen molar-refractivity contribution in [1.29, 1.82) is 5.41 Å². The Morgan fingerprint density at radius 2 is 1.94 bits per heavy atom. The number of nitrogens with one attached hydrogen (secondary N) is 1. The Labute approximate surface area is 96.5 Å². The Kier molecular flexibility index (Phi) is 4.06. The second kappa shape index (κ2) is 5.31. The molecule has 0 bridgehead atoms. The Morgan fingerprint density at radius 1 is 1.38 bits per heavy atom. The fourth-order valence-electron chi connectivity index (χ4n) is 1.66. The molecule has 0 spiro atoms. The summed E-state index contributed by atoms with van der Waals surface area (Å²) >= 11 is 0. The van der Waals surface area contributed by atoms with E-state index in [1.165, 1.54) is 0 Å². The summed E-state index contributed by atoms with van der Waals surface area (Å²) in [6.45, 7) is 7.74. The normalized spacial score (nSPS) is 11.2. The lowest BCUT2D eigenvalue weighted by atomic mass is 9.94. The van der Waals surface area contributed by atoms with E-state index in [2.05, 4.69) is 6.58 Å². The van der Waals surface area contributed by atoms with Gasteiger partial charge in [0, 0.05) is 6.42 Å². The third kappa shape index (κ3) is 2.83. The van der Waals surface area contributed by atoms with Crippen molar-refractivity contribution in [2.24, 2.45) is 0 Å². The molecule has 2 heteroatoms. The lowest BCUT2D eigenvalue weighted by molar-refractivity contribution is -0.219. The van der Waals surface area contributed by atoms with Crippen LogP contribution in [0.4, 0.5) is 0 Å². The van der Waals surface area contributed by atoms with Crippen LogP contribution in [0.3, 0.4) is 0 Å². The summed E-state index contributed by atoms with van der Waals surface area (Å²) in [7, 11) is 0. The van der Waals surface area contributed by atoms with Crippen LogP contribution < -0.4 is 5.11 Å². The fraction of sp³-hybridized carbons (Fsp3) is 0.214. The van der Waals surface area contributed by atoms with Crippen molar-refractivity contribution in [2.75, 3.05) is 0 Å². The van der Waals surface area contributed by atoms with E-state index in [1.807, 2.05) is 44.2 Å². The number of benzene rings is 1. The molecule has 0 unspecified atom stereocenters. The van der Waals surface area contributed by atoms with Crippen molar-refractivity contribution in [3.8, 4) is 0 Å². The topological polar surface area (TPSA) is 46.9 Å². The van der Waals surface area contributed by atoms with Gasteiger partial charge in [-0.25, -0.2) is 0 Å². The molecule has 84 valence electrons. The average Bonchev–Trinajstić information content (AvgIpc) is 2.25. The van der Waals surface area contributed by atoms with E-state index in [9.17, 15) is 5.11 Å². The first kappa shape index (κ1) is 12.2. The van der Waals surface area contributed by atoms with Crippen LogP contribution in [0.25, 0.3) is 11.1 Å². The van der Waals surface area contributed by atoms with Gasteiger partial charge >= 0.3 is 0 Å². The molecule has 1 aromatic rings. The van der Waals surface area contributed by atoms with Gasteiger partial charge in [0.2, 0.25) is 0 Å². The molecule has 1 aromatic carbocycles. The predicted octanol–water partition coefficient (Wildman–Crippen LogP) is 2.85. The smallest absolute Gasteiger partial charge is 0.000197 e. The summed E-state index contributed by atoms with van der Waals surface area (Å²) in [6, 6.07) is 7.82. The van der Waals surface area contributed by atoms with Crippen molar-refractivity contribution >= 4 is 17.0 Å².